The molecule has 0 aliphatic rings. The third-order valence-corrected chi connectivity index (χ3v) is 3.73. The van der Waals surface area contributed by atoms with Crippen LogP contribution in [0.1, 0.15) is 30.6 Å². The summed E-state index contributed by atoms with van der Waals surface area (Å²) in [4.78, 5) is 14.3. The minimum Gasteiger partial charge on any atom is -0.398 e. The summed E-state index contributed by atoms with van der Waals surface area (Å²) in [6.07, 6.45) is 1.04. The lowest BCUT2D eigenvalue weighted by atomic mass is 10.0. The number of likely N-dealkylation sites (N-methyl/N-ethyl adjacent to an activating group) is 1. The molecular weight excluding hydrogens is 318 g/mol. The number of nitrogens with one attached hydrogen (secondary N) is 1. The molecule has 3 N–H and O–H groups in total. The van der Waals surface area contributed by atoms with E-state index < -0.39 is 0 Å². The zero-order valence-corrected chi connectivity index (χ0v) is 14.2. The quantitative estimate of drug-likeness (QED) is 0.782. The lowest BCUT2D eigenvalue weighted by Gasteiger charge is -2.26. The summed E-state index contributed by atoms with van der Waals surface area (Å²) < 4.78 is 0.850. The first-order valence-corrected chi connectivity index (χ1v) is 7.60. The Morgan fingerprint density at radius 2 is 2.05 bits per heavy atom. The second kappa shape index (κ2) is 7.64. The Bertz CT molecular complexity index is 460. The highest BCUT2D eigenvalue weighted by atomic mass is 79.9. The molecule has 0 aromatic heterocycles. The van der Waals surface area contributed by atoms with Gasteiger partial charge in [-0.25, -0.2) is 0 Å². The third kappa shape index (κ3) is 5.13. The second-order valence-corrected chi connectivity index (χ2v) is 6.60. The van der Waals surface area contributed by atoms with Gasteiger partial charge in [-0.2, -0.15) is 0 Å². The SMILES string of the molecule is CC(C)CC(CNC(=O)c1cc(Br)ccc1N)N(C)C. The van der Waals surface area contributed by atoms with Gasteiger partial charge in [0.15, 0.2) is 0 Å². The number of carbonyl (C=O) groups excluding carboxylic acids is 1. The van der Waals surface area contributed by atoms with Crippen molar-refractivity contribution >= 4 is 27.5 Å². The van der Waals surface area contributed by atoms with Crippen molar-refractivity contribution in [2.75, 3.05) is 26.4 Å². The van der Waals surface area contributed by atoms with Gasteiger partial charge in [-0.05, 0) is 44.6 Å². The molecule has 1 aromatic rings. The van der Waals surface area contributed by atoms with E-state index in [1.165, 1.54) is 0 Å². The Kier molecular flexibility index (Phi) is 6.49. The highest BCUT2D eigenvalue weighted by Crippen LogP contribution is 2.18. The van der Waals surface area contributed by atoms with Crippen molar-refractivity contribution in [3.05, 3.63) is 28.2 Å². The van der Waals surface area contributed by atoms with E-state index in [4.69, 9.17) is 5.73 Å². The number of nitrogen functional groups attached to an aromatic ring is 1. The van der Waals surface area contributed by atoms with Crippen LogP contribution in [0, 0.1) is 5.92 Å². The van der Waals surface area contributed by atoms with E-state index in [0.29, 0.717) is 29.8 Å². The van der Waals surface area contributed by atoms with E-state index in [1.54, 1.807) is 12.1 Å². The van der Waals surface area contributed by atoms with E-state index in [1.807, 2.05) is 20.2 Å². The van der Waals surface area contributed by atoms with Crippen LogP contribution in [0.25, 0.3) is 0 Å². The Balaban J connectivity index is 2.68. The fraction of sp³-hybridized carbons (Fsp3) is 0.533. The van der Waals surface area contributed by atoms with E-state index >= 15 is 0 Å². The van der Waals surface area contributed by atoms with Crippen LogP contribution in [0.4, 0.5) is 5.69 Å². The normalized spacial score (nSPS) is 12.8. The Labute approximate surface area is 129 Å². The predicted molar refractivity (Wildman–Crippen MR) is 87.8 cm³/mol. The smallest absolute Gasteiger partial charge is 0.253 e. The number of halogens is 1. The number of benzene rings is 1. The number of carbonyl (C=O) groups is 1. The van der Waals surface area contributed by atoms with E-state index in [0.717, 1.165) is 10.9 Å². The van der Waals surface area contributed by atoms with Crippen molar-refractivity contribution in [1.82, 2.24) is 10.2 Å². The molecule has 0 aliphatic carbocycles. The van der Waals surface area contributed by atoms with Crippen LogP contribution in [-0.4, -0.2) is 37.5 Å². The van der Waals surface area contributed by atoms with Crippen LogP contribution in [0.2, 0.25) is 0 Å². The maximum atomic E-state index is 12.2. The molecule has 112 valence electrons. The third-order valence-electron chi connectivity index (χ3n) is 3.23. The van der Waals surface area contributed by atoms with Gasteiger partial charge in [0.05, 0.1) is 5.56 Å². The van der Waals surface area contributed by atoms with Crippen molar-refractivity contribution in [1.29, 1.82) is 0 Å². The molecule has 20 heavy (non-hydrogen) atoms. The summed E-state index contributed by atoms with van der Waals surface area (Å²) in [7, 11) is 4.07. The molecule has 0 saturated carbocycles. The van der Waals surface area contributed by atoms with E-state index in [-0.39, 0.29) is 5.91 Å². The number of amides is 1. The zero-order chi connectivity index (χ0) is 15.3. The molecule has 0 spiro atoms. The number of nitrogens with two attached hydrogens (primary N) is 1. The van der Waals surface area contributed by atoms with Crippen LogP contribution >= 0.6 is 15.9 Å². The first kappa shape index (κ1) is 17.0. The molecule has 5 heteroatoms. The summed E-state index contributed by atoms with van der Waals surface area (Å²) in [5.41, 5.74) is 6.86. The molecule has 1 atom stereocenters. The van der Waals surface area contributed by atoms with Gasteiger partial charge in [-0.15, -0.1) is 0 Å². The lowest BCUT2D eigenvalue weighted by Crippen LogP contribution is -2.41. The Hall–Kier alpha value is -1.07. The predicted octanol–water partition coefficient (Wildman–Crippen LogP) is 2.74. The Morgan fingerprint density at radius 1 is 1.40 bits per heavy atom. The average molecular weight is 342 g/mol. The maximum Gasteiger partial charge on any atom is 0.253 e. The summed E-state index contributed by atoms with van der Waals surface area (Å²) in [6.45, 7) is 4.99. The van der Waals surface area contributed by atoms with Gasteiger partial charge >= 0.3 is 0 Å². The van der Waals surface area contributed by atoms with Gasteiger partial charge in [0.2, 0.25) is 0 Å². The fourth-order valence-corrected chi connectivity index (χ4v) is 2.41. The van der Waals surface area contributed by atoms with Gasteiger partial charge in [-0.3, -0.25) is 4.79 Å². The summed E-state index contributed by atoms with van der Waals surface area (Å²) >= 11 is 3.36. The topological polar surface area (TPSA) is 58.4 Å². The minimum atomic E-state index is -0.126. The average Bonchev–Trinajstić information content (AvgIpc) is 2.36. The zero-order valence-electron chi connectivity index (χ0n) is 12.6. The number of rotatable bonds is 6. The van der Waals surface area contributed by atoms with Crippen molar-refractivity contribution in [2.45, 2.75) is 26.3 Å². The molecule has 1 rings (SSSR count). The molecule has 0 bridgehead atoms. The van der Waals surface area contributed by atoms with E-state index in [2.05, 4.69) is 40.0 Å². The summed E-state index contributed by atoms with van der Waals surface area (Å²) in [6, 6.07) is 5.63. The van der Waals surface area contributed by atoms with Gasteiger partial charge < -0.3 is 16.0 Å². The van der Waals surface area contributed by atoms with Gasteiger partial charge in [0, 0.05) is 22.7 Å². The number of nitrogens with zero attached hydrogens (tertiary/aromatic N) is 1. The maximum absolute atomic E-state index is 12.2. The van der Waals surface area contributed by atoms with Crippen molar-refractivity contribution in [3.63, 3.8) is 0 Å². The summed E-state index contributed by atoms with van der Waals surface area (Å²) in [5.74, 6) is 0.467. The molecular formula is C15H24BrN3O. The number of anilines is 1. The highest BCUT2D eigenvalue weighted by Gasteiger charge is 2.16. The van der Waals surface area contributed by atoms with Crippen molar-refractivity contribution < 1.29 is 4.79 Å². The molecule has 0 saturated heterocycles. The van der Waals surface area contributed by atoms with Gasteiger partial charge in [-0.1, -0.05) is 29.8 Å². The van der Waals surface area contributed by atoms with Crippen molar-refractivity contribution in [3.8, 4) is 0 Å². The molecule has 0 radical (unpaired) electrons. The largest absolute Gasteiger partial charge is 0.398 e. The molecule has 0 heterocycles. The number of hydrogen-bond acceptors (Lipinski definition) is 3. The minimum absolute atomic E-state index is 0.126. The molecule has 1 aromatic carbocycles. The van der Waals surface area contributed by atoms with Crippen LogP contribution < -0.4 is 11.1 Å². The number of hydrogen-bond donors (Lipinski definition) is 2. The molecule has 1 amide bonds. The first-order valence-electron chi connectivity index (χ1n) is 6.81. The standard InChI is InChI=1S/C15H24BrN3O/c1-10(2)7-12(19(3)4)9-18-15(20)13-8-11(16)5-6-14(13)17/h5-6,8,10,12H,7,9,17H2,1-4H3,(H,18,20). The van der Waals surface area contributed by atoms with Crippen LogP contribution in [0.5, 0.6) is 0 Å². The molecule has 0 fully saturated rings. The van der Waals surface area contributed by atoms with Crippen LogP contribution in [0.15, 0.2) is 22.7 Å². The molecule has 1 unspecified atom stereocenters. The Morgan fingerprint density at radius 3 is 2.60 bits per heavy atom. The van der Waals surface area contributed by atoms with E-state index in [9.17, 15) is 4.79 Å². The molecule has 4 nitrogen and oxygen atoms in total. The van der Waals surface area contributed by atoms with Crippen molar-refractivity contribution in [2.24, 2.45) is 5.92 Å². The van der Waals surface area contributed by atoms with Gasteiger partial charge in [0.25, 0.3) is 5.91 Å². The van der Waals surface area contributed by atoms with Gasteiger partial charge in [0.1, 0.15) is 0 Å². The highest BCUT2D eigenvalue weighted by molar-refractivity contribution is 9.10. The van der Waals surface area contributed by atoms with Crippen LogP contribution in [-0.2, 0) is 0 Å². The lowest BCUT2D eigenvalue weighted by molar-refractivity contribution is 0.0939. The first-order chi connectivity index (χ1) is 9.31. The molecule has 0 aliphatic heterocycles. The fourth-order valence-electron chi connectivity index (χ4n) is 2.05. The van der Waals surface area contributed by atoms with Crippen LogP contribution in [0.3, 0.4) is 0 Å². The monoisotopic (exact) mass is 341 g/mol. The summed E-state index contributed by atoms with van der Waals surface area (Å²) in [5, 5.41) is 2.97. The second-order valence-electron chi connectivity index (χ2n) is 5.69.